The van der Waals surface area contributed by atoms with Crippen LogP contribution in [0.5, 0.6) is 0 Å². The van der Waals surface area contributed by atoms with Gasteiger partial charge in [0.1, 0.15) is 0 Å². The Kier molecular flexibility index (Phi) is 2.36. The highest BCUT2D eigenvalue weighted by Gasteiger charge is 2.14. The Morgan fingerprint density at radius 3 is 2.76 bits per heavy atom. The molecule has 3 rings (SSSR count). The fraction of sp³-hybridized carbons (Fsp3) is 0.455. The van der Waals surface area contributed by atoms with Gasteiger partial charge in [0.25, 0.3) is 0 Å². The van der Waals surface area contributed by atoms with E-state index >= 15 is 0 Å². The molecule has 0 radical (unpaired) electrons. The number of likely N-dealkylation sites (N-methyl/N-ethyl adjacent to an activating group) is 1. The van der Waals surface area contributed by atoms with Gasteiger partial charge in [0.05, 0.1) is 0 Å². The molecule has 0 unspecified atom stereocenters. The minimum atomic E-state index is 0.320. The average molecular weight is 232 g/mol. The molecule has 90 valence electrons. The summed E-state index contributed by atoms with van der Waals surface area (Å²) >= 11 is 0. The number of nitrogens with zero attached hydrogens (tertiary/aromatic N) is 5. The summed E-state index contributed by atoms with van der Waals surface area (Å²) in [5, 5.41) is 4.07. The van der Waals surface area contributed by atoms with Crippen molar-refractivity contribution < 1.29 is 0 Å². The molecule has 0 aliphatic carbocycles. The number of hydrogen-bond donors (Lipinski definition) is 1. The first-order chi connectivity index (χ1) is 8.22. The lowest BCUT2D eigenvalue weighted by molar-refractivity contribution is 0.313. The summed E-state index contributed by atoms with van der Waals surface area (Å²) < 4.78 is 1.70. The largest absolute Gasteiger partial charge is 0.369 e. The number of piperazine rings is 1. The predicted molar refractivity (Wildman–Crippen MR) is 67.1 cm³/mol. The minimum absolute atomic E-state index is 0.320. The van der Waals surface area contributed by atoms with Crippen LogP contribution in [0.2, 0.25) is 0 Å². The van der Waals surface area contributed by atoms with E-state index in [4.69, 9.17) is 5.73 Å². The Hall–Kier alpha value is -1.82. The van der Waals surface area contributed by atoms with E-state index in [2.05, 4.69) is 33.0 Å². The van der Waals surface area contributed by atoms with Gasteiger partial charge in [0.15, 0.2) is 5.65 Å². The van der Waals surface area contributed by atoms with Crippen molar-refractivity contribution in [3.05, 3.63) is 18.3 Å². The highest BCUT2D eigenvalue weighted by molar-refractivity contribution is 5.57. The van der Waals surface area contributed by atoms with Gasteiger partial charge < -0.3 is 15.5 Å². The van der Waals surface area contributed by atoms with Crippen molar-refractivity contribution in [2.75, 3.05) is 43.9 Å². The van der Waals surface area contributed by atoms with Gasteiger partial charge in [-0.15, -0.1) is 5.10 Å². The third-order valence-corrected chi connectivity index (χ3v) is 3.21. The molecule has 6 heteroatoms. The smallest absolute Gasteiger partial charge is 0.240 e. The first kappa shape index (κ1) is 10.3. The zero-order valence-electron chi connectivity index (χ0n) is 9.87. The summed E-state index contributed by atoms with van der Waals surface area (Å²) in [7, 11) is 2.15. The number of pyridine rings is 1. The van der Waals surface area contributed by atoms with Gasteiger partial charge >= 0.3 is 0 Å². The quantitative estimate of drug-likeness (QED) is 0.753. The number of fused-ring (bicyclic) bond motifs is 1. The normalized spacial score (nSPS) is 17.8. The maximum atomic E-state index is 5.57. The van der Waals surface area contributed by atoms with Crippen LogP contribution in [-0.2, 0) is 0 Å². The minimum Gasteiger partial charge on any atom is -0.369 e. The molecule has 0 bridgehead atoms. The van der Waals surface area contributed by atoms with E-state index in [1.54, 1.807) is 4.52 Å². The molecule has 0 amide bonds. The third kappa shape index (κ3) is 1.91. The lowest BCUT2D eigenvalue weighted by Crippen LogP contribution is -2.44. The number of anilines is 2. The fourth-order valence-electron chi connectivity index (χ4n) is 2.15. The van der Waals surface area contributed by atoms with Crippen LogP contribution >= 0.6 is 0 Å². The zero-order chi connectivity index (χ0) is 11.8. The second kappa shape index (κ2) is 3.89. The number of nitrogens with two attached hydrogens (primary N) is 1. The van der Waals surface area contributed by atoms with Crippen molar-refractivity contribution in [1.82, 2.24) is 19.5 Å². The van der Waals surface area contributed by atoms with Crippen LogP contribution in [0.25, 0.3) is 5.65 Å². The predicted octanol–water partition coefficient (Wildman–Crippen LogP) is 0.0633. The first-order valence-electron chi connectivity index (χ1n) is 5.78. The number of aromatic nitrogens is 3. The molecule has 3 heterocycles. The highest BCUT2D eigenvalue weighted by Crippen LogP contribution is 2.17. The summed E-state index contributed by atoms with van der Waals surface area (Å²) in [6, 6.07) is 4.10. The van der Waals surface area contributed by atoms with E-state index in [9.17, 15) is 0 Å². The van der Waals surface area contributed by atoms with E-state index in [1.807, 2.05) is 12.3 Å². The average Bonchev–Trinajstić information content (AvgIpc) is 2.69. The van der Waals surface area contributed by atoms with Gasteiger partial charge in [-0.05, 0) is 13.1 Å². The highest BCUT2D eigenvalue weighted by atomic mass is 15.3. The SMILES string of the molecule is CN1CCN(c2ccn3nc(N)nc3c2)CC1. The number of rotatable bonds is 1. The Morgan fingerprint density at radius 1 is 1.24 bits per heavy atom. The molecule has 0 spiro atoms. The van der Waals surface area contributed by atoms with Crippen LogP contribution in [-0.4, -0.2) is 52.7 Å². The first-order valence-corrected chi connectivity index (χ1v) is 5.78. The van der Waals surface area contributed by atoms with Gasteiger partial charge in [0.2, 0.25) is 5.95 Å². The van der Waals surface area contributed by atoms with Crippen molar-refractivity contribution in [3.63, 3.8) is 0 Å². The molecule has 2 aromatic heterocycles. The van der Waals surface area contributed by atoms with E-state index < -0.39 is 0 Å². The third-order valence-electron chi connectivity index (χ3n) is 3.21. The monoisotopic (exact) mass is 232 g/mol. The van der Waals surface area contributed by atoms with Crippen LogP contribution in [0.3, 0.4) is 0 Å². The van der Waals surface area contributed by atoms with Crippen LogP contribution in [0, 0.1) is 0 Å². The van der Waals surface area contributed by atoms with Crippen molar-refractivity contribution >= 4 is 17.3 Å². The van der Waals surface area contributed by atoms with Crippen molar-refractivity contribution in [2.45, 2.75) is 0 Å². The summed E-state index contributed by atoms with van der Waals surface area (Å²) in [6.45, 7) is 4.30. The molecule has 1 fully saturated rings. The second-order valence-electron chi connectivity index (χ2n) is 4.45. The Morgan fingerprint density at radius 2 is 2.00 bits per heavy atom. The van der Waals surface area contributed by atoms with E-state index in [1.165, 1.54) is 5.69 Å². The van der Waals surface area contributed by atoms with Crippen molar-refractivity contribution in [3.8, 4) is 0 Å². The van der Waals surface area contributed by atoms with E-state index in [-0.39, 0.29) is 0 Å². The fourth-order valence-corrected chi connectivity index (χ4v) is 2.15. The summed E-state index contributed by atoms with van der Waals surface area (Å²) in [6.07, 6.45) is 1.91. The summed E-state index contributed by atoms with van der Waals surface area (Å²) in [5.41, 5.74) is 7.57. The molecular weight excluding hydrogens is 216 g/mol. The maximum absolute atomic E-state index is 5.57. The molecule has 2 N–H and O–H groups in total. The second-order valence-corrected chi connectivity index (χ2v) is 4.45. The van der Waals surface area contributed by atoms with E-state index in [0.29, 0.717) is 5.95 Å². The molecular formula is C11H16N6. The van der Waals surface area contributed by atoms with Crippen molar-refractivity contribution in [2.24, 2.45) is 0 Å². The Bertz CT molecular complexity index is 526. The van der Waals surface area contributed by atoms with E-state index in [0.717, 1.165) is 31.8 Å². The van der Waals surface area contributed by atoms with Crippen LogP contribution in [0.15, 0.2) is 18.3 Å². The molecule has 1 saturated heterocycles. The van der Waals surface area contributed by atoms with Gasteiger partial charge in [-0.2, -0.15) is 4.98 Å². The Labute approximate surface area is 99.6 Å². The maximum Gasteiger partial charge on any atom is 0.240 e. The van der Waals surface area contributed by atoms with Crippen molar-refractivity contribution in [1.29, 1.82) is 0 Å². The number of nitrogen functional groups attached to an aromatic ring is 1. The zero-order valence-corrected chi connectivity index (χ0v) is 9.87. The molecule has 1 aliphatic heterocycles. The van der Waals surface area contributed by atoms with Gasteiger partial charge in [-0.3, -0.25) is 0 Å². The van der Waals surface area contributed by atoms with Gasteiger partial charge in [0, 0.05) is 44.1 Å². The lowest BCUT2D eigenvalue weighted by Gasteiger charge is -2.33. The molecule has 2 aromatic rings. The van der Waals surface area contributed by atoms with Crippen LogP contribution < -0.4 is 10.6 Å². The number of hydrogen-bond acceptors (Lipinski definition) is 5. The molecule has 1 aliphatic rings. The van der Waals surface area contributed by atoms with Gasteiger partial charge in [-0.25, -0.2) is 4.52 Å². The van der Waals surface area contributed by atoms with Crippen LogP contribution in [0.4, 0.5) is 11.6 Å². The lowest BCUT2D eigenvalue weighted by atomic mass is 10.3. The molecule has 17 heavy (non-hydrogen) atoms. The Balaban J connectivity index is 1.89. The molecule has 0 saturated carbocycles. The summed E-state index contributed by atoms with van der Waals surface area (Å²) in [4.78, 5) is 8.88. The van der Waals surface area contributed by atoms with Crippen LogP contribution in [0.1, 0.15) is 0 Å². The standard InChI is InChI=1S/C11H16N6/c1-15-4-6-16(7-5-15)9-2-3-17-10(8-9)13-11(12)14-17/h2-3,8H,4-7H2,1H3,(H2,12,14). The van der Waals surface area contributed by atoms with Gasteiger partial charge in [-0.1, -0.05) is 0 Å². The topological polar surface area (TPSA) is 62.7 Å². The molecule has 0 aromatic carbocycles. The molecule has 6 nitrogen and oxygen atoms in total. The molecule has 0 atom stereocenters. The summed E-state index contributed by atoms with van der Waals surface area (Å²) in [5.74, 6) is 0.320.